The van der Waals surface area contributed by atoms with Crippen molar-refractivity contribution in [3.8, 4) is 0 Å². The van der Waals surface area contributed by atoms with Crippen LogP contribution in [-0.2, 0) is 16.6 Å². The molecule has 34 heavy (non-hydrogen) atoms. The number of aromatic nitrogens is 2. The van der Waals surface area contributed by atoms with Crippen molar-refractivity contribution in [3.05, 3.63) is 74.1 Å². The number of benzene rings is 2. The van der Waals surface area contributed by atoms with Gasteiger partial charge in [-0.2, -0.15) is 0 Å². The van der Waals surface area contributed by atoms with Gasteiger partial charge >= 0.3 is 6.03 Å². The van der Waals surface area contributed by atoms with Crippen molar-refractivity contribution in [3.63, 3.8) is 0 Å². The SMILES string of the molecule is CN1C(=O)C(=Cc2ccc(Sc3nc4ccccc4c(=O)n3C)c([N+](=O)[O-])c2)C(=O)N(C)C1=O. The molecule has 1 saturated heterocycles. The lowest BCUT2D eigenvalue weighted by Crippen LogP contribution is -2.52. The minimum absolute atomic E-state index is 0.218. The molecule has 1 aromatic heterocycles. The van der Waals surface area contributed by atoms with Crippen molar-refractivity contribution < 1.29 is 19.3 Å². The fourth-order valence-electron chi connectivity index (χ4n) is 3.38. The van der Waals surface area contributed by atoms with E-state index in [2.05, 4.69) is 4.98 Å². The number of hydrogen-bond acceptors (Lipinski definition) is 8. The second kappa shape index (κ2) is 8.56. The molecule has 0 radical (unpaired) electrons. The number of imide groups is 2. The topological polar surface area (TPSA) is 136 Å². The van der Waals surface area contributed by atoms with Crippen molar-refractivity contribution in [2.45, 2.75) is 10.1 Å². The highest BCUT2D eigenvalue weighted by molar-refractivity contribution is 7.99. The Kier molecular flexibility index (Phi) is 5.75. The molecule has 0 spiro atoms. The Hall–Kier alpha value is -4.32. The number of para-hydroxylation sites is 1. The van der Waals surface area contributed by atoms with Crippen LogP contribution in [0.5, 0.6) is 0 Å². The van der Waals surface area contributed by atoms with Gasteiger partial charge in [0.05, 0.1) is 20.7 Å². The number of fused-ring (bicyclic) bond motifs is 1. The lowest BCUT2D eigenvalue weighted by Gasteiger charge is -2.28. The molecule has 1 fully saturated rings. The molecule has 172 valence electrons. The first-order valence-electron chi connectivity index (χ1n) is 9.84. The molecule has 0 bridgehead atoms. The number of rotatable bonds is 4. The van der Waals surface area contributed by atoms with Gasteiger partial charge in [-0.25, -0.2) is 9.78 Å². The molecule has 11 nitrogen and oxygen atoms in total. The molecule has 0 atom stereocenters. The van der Waals surface area contributed by atoms with Crippen LogP contribution in [0, 0.1) is 10.1 Å². The van der Waals surface area contributed by atoms with Crippen molar-refractivity contribution in [2.75, 3.05) is 14.1 Å². The van der Waals surface area contributed by atoms with E-state index in [0.717, 1.165) is 21.6 Å². The summed E-state index contributed by atoms with van der Waals surface area (Å²) in [6.45, 7) is 0. The van der Waals surface area contributed by atoms with Crippen molar-refractivity contribution in [1.82, 2.24) is 19.4 Å². The van der Waals surface area contributed by atoms with Crippen LogP contribution in [0.25, 0.3) is 17.0 Å². The Balaban J connectivity index is 1.75. The molecule has 0 N–H and O–H groups in total. The van der Waals surface area contributed by atoms with E-state index in [1.165, 1.54) is 50.0 Å². The van der Waals surface area contributed by atoms with E-state index in [1.807, 2.05) is 0 Å². The molecular formula is C22H17N5O6S. The summed E-state index contributed by atoms with van der Waals surface area (Å²) in [6, 6.07) is 10.2. The summed E-state index contributed by atoms with van der Waals surface area (Å²) < 4.78 is 1.31. The van der Waals surface area contributed by atoms with Crippen molar-refractivity contribution >= 4 is 52.3 Å². The zero-order chi connectivity index (χ0) is 24.7. The van der Waals surface area contributed by atoms with Crippen molar-refractivity contribution in [1.29, 1.82) is 0 Å². The van der Waals surface area contributed by atoms with Gasteiger partial charge < -0.3 is 0 Å². The van der Waals surface area contributed by atoms with E-state index in [-0.39, 0.29) is 32.4 Å². The first-order chi connectivity index (χ1) is 16.1. The van der Waals surface area contributed by atoms with Crippen LogP contribution in [0.15, 0.2) is 62.9 Å². The van der Waals surface area contributed by atoms with Gasteiger partial charge in [-0.05, 0) is 41.6 Å². The quantitative estimate of drug-likeness (QED) is 0.183. The van der Waals surface area contributed by atoms with Gasteiger partial charge in [-0.1, -0.05) is 18.2 Å². The summed E-state index contributed by atoms with van der Waals surface area (Å²) in [5.74, 6) is -1.60. The average molecular weight is 479 g/mol. The van der Waals surface area contributed by atoms with E-state index in [0.29, 0.717) is 10.9 Å². The molecule has 4 rings (SSSR count). The average Bonchev–Trinajstić information content (AvgIpc) is 2.83. The monoisotopic (exact) mass is 479 g/mol. The molecule has 2 aromatic carbocycles. The normalized spacial score (nSPS) is 14.2. The van der Waals surface area contributed by atoms with E-state index in [9.17, 15) is 29.3 Å². The lowest BCUT2D eigenvalue weighted by molar-refractivity contribution is -0.387. The number of likely N-dealkylation sites (N-methyl/N-ethyl adjacent to an activating group) is 2. The summed E-state index contributed by atoms with van der Waals surface area (Å²) in [7, 11) is 4.01. The predicted octanol–water partition coefficient (Wildman–Crippen LogP) is 2.43. The maximum absolute atomic E-state index is 12.6. The lowest BCUT2D eigenvalue weighted by atomic mass is 10.1. The summed E-state index contributed by atoms with van der Waals surface area (Å²) in [5, 5.41) is 12.5. The molecule has 0 saturated carbocycles. The summed E-state index contributed by atoms with van der Waals surface area (Å²) in [6.07, 6.45) is 1.20. The number of hydrogen-bond donors (Lipinski definition) is 0. The summed E-state index contributed by atoms with van der Waals surface area (Å²) in [4.78, 5) is 66.8. The van der Waals surface area contributed by atoms with Gasteiger partial charge in [-0.15, -0.1) is 0 Å². The number of urea groups is 1. The minimum atomic E-state index is -0.801. The van der Waals surface area contributed by atoms with Gasteiger partial charge in [0.25, 0.3) is 23.1 Å². The standard InChI is InChI=1S/C22H17N5O6S/c1-24-18(28)13-6-4-5-7-15(13)23-21(24)34-17-9-8-12(11-16(17)27(32)33)10-14-19(29)25(2)22(31)26(3)20(14)30/h4-11H,1-3H3. The van der Waals surface area contributed by atoms with Crippen LogP contribution in [0.3, 0.4) is 0 Å². The summed E-state index contributed by atoms with van der Waals surface area (Å²) >= 11 is 0.950. The minimum Gasteiger partial charge on any atom is -0.290 e. The Morgan fingerprint density at radius 2 is 1.62 bits per heavy atom. The highest BCUT2D eigenvalue weighted by Gasteiger charge is 2.37. The Morgan fingerprint density at radius 3 is 2.26 bits per heavy atom. The van der Waals surface area contributed by atoms with Gasteiger partial charge in [0.2, 0.25) is 0 Å². The Morgan fingerprint density at radius 1 is 0.971 bits per heavy atom. The third-order valence-corrected chi connectivity index (χ3v) is 6.39. The van der Waals surface area contributed by atoms with Gasteiger partial charge in [0.15, 0.2) is 5.16 Å². The number of barbiturate groups is 1. The van der Waals surface area contributed by atoms with Crippen LogP contribution in [-0.4, -0.2) is 56.2 Å². The number of carbonyl (C=O) groups is 3. The van der Waals surface area contributed by atoms with Crippen LogP contribution in [0.1, 0.15) is 5.56 Å². The third kappa shape index (κ3) is 3.83. The molecule has 1 aliphatic heterocycles. The molecule has 0 unspecified atom stereocenters. The van der Waals surface area contributed by atoms with Crippen LogP contribution < -0.4 is 5.56 Å². The van der Waals surface area contributed by atoms with Crippen molar-refractivity contribution in [2.24, 2.45) is 7.05 Å². The summed E-state index contributed by atoms with van der Waals surface area (Å²) in [5.41, 5.74) is -0.180. The molecular weight excluding hydrogens is 462 g/mol. The number of nitrogens with zero attached hydrogens (tertiary/aromatic N) is 5. The highest BCUT2D eigenvalue weighted by Crippen LogP contribution is 2.35. The second-order valence-corrected chi connectivity index (χ2v) is 8.44. The van der Waals surface area contributed by atoms with E-state index >= 15 is 0 Å². The molecule has 4 amide bonds. The number of amides is 4. The van der Waals surface area contributed by atoms with Crippen LogP contribution >= 0.6 is 11.8 Å². The first-order valence-corrected chi connectivity index (χ1v) is 10.7. The Bertz CT molecular complexity index is 1470. The maximum Gasteiger partial charge on any atom is 0.333 e. The molecule has 0 aliphatic carbocycles. The van der Waals surface area contributed by atoms with E-state index < -0.39 is 22.8 Å². The maximum atomic E-state index is 12.6. The predicted molar refractivity (Wildman–Crippen MR) is 123 cm³/mol. The molecule has 12 heteroatoms. The second-order valence-electron chi connectivity index (χ2n) is 7.43. The zero-order valence-electron chi connectivity index (χ0n) is 18.2. The molecule has 1 aliphatic rings. The van der Waals surface area contributed by atoms with Gasteiger partial charge in [0, 0.05) is 27.2 Å². The molecule has 3 aromatic rings. The zero-order valence-corrected chi connectivity index (χ0v) is 19.0. The van der Waals surface area contributed by atoms with Crippen LogP contribution in [0.4, 0.5) is 10.5 Å². The Labute approximate surface area is 196 Å². The largest absolute Gasteiger partial charge is 0.333 e. The smallest absolute Gasteiger partial charge is 0.290 e. The van der Waals surface area contributed by atoms with Crippen LogP contribution in [0.2, 0.25) is 0 Å². The third-order valence-electron chi connectivity index (χ3n) is 5.28. The fourth-order valence-corrected chi connectivity index (χ4v) is 4.32. The molecule has 2 heterocycles. The fraction of sp³-hybridized carbons (Fsp3) is 0.136. The number of nitro benzene ring substituents is 1. The van der Waals surface area contributed by atoms with Gasteiger partial charge in [0.1, 0.15) is 5.57 Å². The first kappa shape index (κ1) is 22.9. The van der Waals surface area contributed by atoms with Gasteiger partial charge in [-0.3, -0.25) is 38.9 Å². The highest BCUT2D eigenvalue weighted by atomic mass is 32.2. The number of nitro groups is 1. The van der Waals surface area contributed by atoms with E-state index in [4.69, 9.17) is 0 Å². The van der Waals surface area contributed by atoms with E-state index in [1.54, 1.807) is 24.3 Å². The number of carbonyl (C=O) groups excluding carboxylic acids is 3.